The summed E-state index contributed by atoms with van der Waals surface area (Å²) in [5.74, 6) is -1.60. The zero-order valence-corrected chi connectivity index (χ0v) is 10.8. The highest BCUT2D eigenvalue weighted by Gasteiger charge is 2.23. The van der Waals surface area contributed by atoms with E-state index in [0.717, 1.165) is 11.5 Å². The molecule has 0 spiro atoms. The first-order chi connectivity index (χ1) is 9.08. The van der Waals surface area contributed by atoms with Crippen molar-refractivity contribution in [3.63, 3.8) is 0 Å². The number of carbonyl (C=O) groups excluding carboxylic acids is 1. The van der Waals surface area contributed by atoms with Gasteiger partial charge in [0.1, 0.15) is 10.9 Å². The lowest BCUT2D eigenvalue weighted by Gasteiger charge is -2.12. The molecule has 9 heteroatoms. The molecule has 0 unspecified atom stereocenters. The Labute approximate surface area is 112 Å². The second-order valence-corrected chi connectivity index (χ2v) is 4.59. The molecule has 2 rings (SSSR count). The molecule has 0 bridgehead atoms. The van der Waals surface area contributed by atoms with Gasteiger partial charge in [-0.2, -0.15) is 0 Å². The van der Waals surface area contributed by atoms with Crippen LogP contribution in [0.5, 0.6) is 0 Å². The van der Waals surface area contributed by atoms with Crippen molar-refractivity contribution in [1.82, 2.24) is 24.9 Å². The third-order valence-electron chi connectivity index (χ3n) is 2.44. The van der Waals surface area contributed by atoms with Crippen LogP contribution in [-0.2, 0) is 11.2 Å². The first kappa shape index (κ1) is 13.1. The summed E-state index contributed by atoms with van der Waals surface area (Å²) in [5.41, 5.74) is 1.11. The maximum Gasteiger partial charge on any atom is 0.326 e. The van der Waals surface area contributed by atoms with Gasteiger partial charge in [-0.15, -0.1) is 5.10 Å². The molecule has 0 aliphatic carbocycles. The molecule has 0 radical (unpaired) electrons. The number of aliphatic carboxylic acids is 1. The lowest BCUT2D eigenvalue weighted by Crippen LogP contribution is -2.42. The average Bonchev–Trinajstić information content (AvgIpc) is 2.99. The van der Waals surface area contributed by atoms with Crippen LogP contribution in [0.3, 0.4) is 0 Å². The van der Waals surface area contributed by atoms with Crippen molar-refractivity contribution in [2.75, 3.05) is 0 Å². The van der Waals surface area contributed by atoms with E-state index in [2.05, 4.69) is 24.9 Å². The van der Waals surface area contributed by atoms with E-state index in [-0.39, 0.29) is 6.42 Å². The fourth-order valence-corrected chi connectivity index (χ4v) is 2.04. The number of aryl methyl sites for hydroxylation is 1. The molecule has 1 atom stereocenters. The standard InChI is InChI=1S/C10H11N5O3S/c1-5-8(19-15-14-5)9(16)13-7(10(17)18)2-6-3-11-4-12-6/h3-4,7H,2H2,1H3,(H,11,12)(H,13,16)(H,17,18)/t7-/m1/s1. The Balaban J connectivity index is 2.07. The Morgan fingerprint density at radius 2 is 2.37 bits per heavy atom. The van der Waals surface area contributed by atoms with Gasteiger partial charge in [0.2, 0.25) is 0 Å². The van der Waals surface area contributed by atoms with Gasteiger partial charge in [0.05, 0.1) is 12.0 Å². The van der Waals surface area contributed by atoms with E-state index in [4.69, 9.17) is 5.11 Å². The van der Waals surface area contributed by atoms with E-state index in [1.54, 1.807) is 6.92 Å². The zero-order chi connectivity index (χ0) is 13.8. The number of hydrogen-bond acceptors (Lipinski definition) is 6. The molecule has 0 fully saturated rings. The number of rotatable bonds is 5. The molecule has 0 aliphatic rings. The summed E-state index contributed by atoms with van der Waals surface area (Å²) in [6.45, 7) is 1.64. The van der Waals surface area contributed by atoms with E-state index >= 15 is 0 Å². The molecule has 2 heterocycles. The third-order valence-corrected chi connectivity index (χ3v) is 3.27. The third kappa shape index (κ3) is 3.13. The lowest BCUT2D eigenvalue weighted by molar-refractivity contribution is -0.139. The van der Waals surface area contributed by atoms with E-state index in [9.17, 15) is 9.59 Å². The predicted octanol–water partition coefficient (Wildman–Crippen LogP) is -0.00468. The molecule has 0 aliphatic heterocycles. The van der Waals surface area contributed by atoms with Crippen molar-refractivity contribution >= 4 is 23.4 Å². The average molecular weight is 281 g/mol. The topological polar surface area (TPSA) is 121 Å². The Kier molecular flexibility index (Phi) is 3.85. The number of H-pyrrole nitrogens is 1. The minimum Gasteiger partial charge on any atom is -0.480 e. The fraction of sp³-hybridized carbons (Fsp3) is 0.300. The molecule has 8 nitrogen and oxygen atoms in total. The number of carboxylic acid groups (broad SMARTS) is 1. The Morgan fingerprint density at radius 3 is 2.89 bits per heavy atom. The van der Waals surface area contributed by atoms with Gasteiger partial charge >= 0.3 is 5.97 Å². The SMILES string of the molecule is Cc1nnsc1C(=O)N[C@H](Cc1cnc[nH]1)C(=O)O. The van der Waals surface area contributed by atoms with E-state index < -0.39 is 17.9 Å². The van der Waals surface area contributed by atoms with Gasteiger partial charge in [0.15, 0.2) is 0 Å². The summed E-state index contributed by atoms with van der Waals surface area (Å²) in [4.78, 5) is 29.9. The maximum absolute atomic E-state index is 11.9. The van der Waals surface area contributed by atoms with Gasteiger partial charge in [-0.3, -0.25) is 4.79 Å². The Bertz CT molecular complexity index is 580. The highest BCUT2D eigenvalue weighted by atomic mass is 32.1. The normalized spacial score (nSPS) is 12.1. The van der Waals surface area contributed by atoms with Gasteiger partial charge in [0.25, 0.3) is 5.91 Å². The molecule has 2 aromatic heterocycles. The van der Waals surface area contributed by atoms with Crippen molar-refractivity contribution < 1.29 is 14.7 Å². The minimum absolute atomic E-state index is 0.131. The van der Waals surface area contributed by atoms with Crippen molar-refractivity contribution in [3.8, 4) is 0 Å². The molecular formula is C10H11N5O3S. The number of imidazole rings is 1. The van der Waals surface area contributed by atoms with Crippen LogP contribution in [-0.4, -0.2) is 42.6 Å². The molecule has 19 heavy (non-hydrogen) atoms. The largest absolute Gasteiger partial charge is 0.480 e. The number of hydrogen-bond donors (Lipinski definition) is 3. The Morgan fingerprint density at radius 1 is 1.58 bits per heavy atom. The van der Waals surface area contributed by atoms with Crippen LogP contribution in [0.15, 0.2) is 12.5 Å². The van der Waals surface area contributed by atoms with Crippen LogP contribution in [0.4, 0.5) is 0 Å². The van der Waals surface area contributed by atoms with Gasteiger partial charge in [0, 0.05) is 18.3 Å². The van der Waals surface area contributed by atoms with Crippen LogP contribution in [0.2, 0.25) is 0 Å². The van der Waals surface area contributed by atoms with Crippen molar-refractivity contribution in [2.24, 2.45) is 0 Å². The number of aromatic nitrogens is 4. The van der Waals surface area contributed by atoms with Crippen molar-refractivity contribution in [3.05, 3.63) is 28.8 Å². The van der Waals surface area contributed by atoms with Crippen LogP contribution in [0, 0.1) is 6.92 Å². The molecule has 100 valence electrons. The summed E-state index contributed by atoms with van der Waals surface area (Å²) in [6, 6.07) is -1.03. The number of carboxylic acids is 1. The summed E-state index contributed by atoms with van der Waals surface area (Å²) >= 11 is 0.933. The minimum atomic E-state index is -1.11. The van der Waals surface area contributed by atoms with Gasteiger partial charge < -0.3 is 15.4 Å². The molecule has 2 aromatic rings. The fourth-order valence-electron chi connectivity index (χ4n) is 1.48. The lowest BCUT2D eigenvalue weighted by atomic mass is 10.1. The summed E-state index contributed by atoms with van der Waals surface area (Å²) in [7, 11) is 0. The van der Waals surface area contributed by atoms with Gasteiger partial charge in [-0.25, -0.2) is 9.78 Å². The van der Waals surface area contributed by atoms with Crippen LogP contribution in [0.25, 0.3) is 0 Å². The Hall–Kier alpha value is -2.29. The van der Waals surface area contributed by atoms with E-state index in [1.165, 1.54) is 12.5 Å². The summed E-state index contributed by atoms with van der Waals surface area (Å²) < 4.78 is 3.64. The highest BCUT2D eigenvalue weighted by Crippen LogP contribution is 2.09. The van der Waals surface area contributed by atoms with Crippen molar-refractivity contribution in [2.45, 2.75) is 19.4 Å². The number of amides is 1. The molecule has 0 saturated carbocycles. The maximum atomic E-state index is 11.9. The molecule has 0 aromatic carbocycles. The predicted molar refractivity (Wildman–Crippen MR) is 65.8 cm³/mol. The second-order valence-electron chi connectivity index (χ2n) is 3.83. The quantitative estimate of drug-likeness (QED) is 0.709. The molecule has 3 N–H and O–H groups in total. The highest BCUT2D eigenvalue weighted by molar-refractivity contribution is 7.08. The van der Waals surface area contributed by atoms with Gasteiger partial charge in [-0.05, 0) is 18.5 Å². The summed E-state index contributed by atoms with van der Waals surface area (Å²) in [5, 5.41) is 15.3. The molecule has 1 amide bonds. The zero-order valence-electron chi connectivity index (χ0n) is 9.95. The second kappa shape index (κ2) is 5.57. The number of aromatic amines is 1. The first-order valence-corrected chi connectivity index (χ1v) is 6.15. The molecular weight excluding hydrogens is 270 g/mol. The smallest absolute Gasteiger partial charge is 0.326 e. The first-order valence-electron chi connectivity index (χ1n) is 5.38. The van der Waals surface area contributed by atoms with Crippen molar-refractivity contribution in [1.29, 1.82) is 0 Å². The number of carbonyl (C=O) groups is 2. The van der Waals surface area contributed by atoms with Gasteiger partial charge in [-0.1, -0.05) is 4.49 Å². The number of nitrogens with one attached hydrogen (secondary N) is 2. The van der Waals surface area contributed by atoms with E-state index in [0.29, 0.717) is 16.3 Å². The van der Waals surface area contributed by atoms with Crippen LogP contribution < -0.4 is 5.32 Å². The van der Waals surface area contributed by atoms with Crippen LogP contribution in [0.1, 0.15) is 21.1 Å². The number of nitrogens with zero attached hydrogens (tertiary/aromatic N) is 3. The monoisotopic (exact) mass is 281 g/mol. The molecule has 0 saturated heterocycles. The van der Waals surface area contributed by atoms with Crippen LogP contribution >= 0.6 is 11.5 Å². The van der Waals surface area contributed by atoms with E-state index in [1.807, 2.05) is 0 Å². The summed E-state index contributed by atoms with van der Waals surface area (Å²) in [6.07, 6.45) is 3.10.